The lowest BCUT2D eigenvalue weighted by molar-refractivity contribution is -0.126. The number of rotatable bonds is 5. The van der Waals surface area contributed by atoms with Crippen LogP contribution in [0.15, 0.2) is 24.8 Å². The third-order valence-corrected chi connectivity index (χ3v) is 7.56. The zero-order valence-corrected chi connectivity index (χ0v) is 18.1. The van der Waals surface area contributed by atoms with E-state index in [-0.39, 0.29) is 4.88 Å². The number of halogens is 3. The maximum atomic E-state index is 12.8. The fraction of sp³-hybridized carbons (Fsp3) is 0.571. The van der Waals surface area contributed by atoms with Gasteiger partial charge >= 0.3 is 6.18 Å². The highest BCUT2D eigenvalue weighted by Crippen LogP contribution is 2.54. The van der Waals surface area contributed by atoms with Crippen LogP contribution in [-0.4, -0.2) is 45.1 Å². The van der Waals surface area contributed by atoms with Gasteiger partial charge in [0.05, 0.1) is 18.0 Å². The Morgan fingerprint density at radius 1 is 1.26 bits per heavy atom. The number of hydrogen-bond acceptors (Lipinski definition) is 6. The predicted molar refractivity (Wildman–Crippen MR) is 114 cm³/mol. The van der Waals surface area contributed by atoms with Crippen LogP contribution in [0.5, 0.6) is 0 Å². The number of anilines is 1. The molecule has 166 valence electrons. The van der Waals surface area contributed by atoms with Crippen LogP contribution < -0.4 is 10.2 Å². The molecule has 1 spiro atoms. The van der Waals surface area contributed by atoms with Crippen molar-refractivity contribution in [1.29, 1.82) is 0 Å². The van der Waals surface area contributed by atoms with Crippen LogP contribution in [0, 0.1) is 5.41 Å². The first-order valence-corrected chi connectivity index (χ1v) is 11.4. The van der Waals surface area contributed by atoms with Crippen molar-refractivity contribution in [2.45, 2.75) is 50.9 Å². The number of alkyl halides is 3. The van der Waals surface area contributed by atoms with Crippen LogP contribution in [0.25, 0.3) is 10.2 Å². The summed E-state index contributed by atoms with van der Waals surface area (Å²) in [6, 6.07) is 2.14. The van der Waals surface area contributed by atoms with Crippen molar-refractivity contribution in [3.05, 3.63) is 35.2 Å². The molecule has 31 heavy (non-hydrogen) atoms. The highest BCUT2D eigenvalue weighted by Gasteiger charge is 2.53. The van der Waals surface area contributed by atoms with Gasteiger partial charge in [0.2, 0.25) is 0 Å². The third kappa shape index (κ3) is 4.41. The molecule has 10 heteroatoms. The van der Waals surface area contributed by atoms with Gasteiger partial charge in [-0.2, -0.15) is 18.3 Å². The maximum Gasteiger partial charge on any atom is 0.393 e. The topological polar surface area (TPSA) is 58.9 Å². The average molecular weight is 451 g/mol. The molecule has 1 aliphatic heterocycles. The van der Waals surface area contributed by atoms with Gasteiger partial charge in [-0.1, -0.05) is 0 Å². The zero-order valence-electron chi connectivity index (χ0n) is 17.3. The van der Waals surface area contributed by atoms with E-state index in [1.54, 1.807) is 6.07 Å². The molecule has 2 aliphatic rings. The molecule has 1 saturated carbocycles. The molecule has 0 aromatic carbocycles. The molecule has 1 N–H and O–H groups in total. The Bertz CT molecular complexity index is 1080. The highest BCUT2D eigenvalue weighted by molar-refractivity contribution is 7.18. The van der Waals surface area contributed by atoms with Gasteiger partial charge in [0.15, 0.2) is 0 Å². The molecular weight excluding hydrogens is 425 g/mol. The fourth-order valence-corrected chi connectivity index (χ4v) is 5.87. The quantitative estimate of drug-likeness (QED) is 0.635. The molecule has 2 atom stereocenters. The van der Waals surface area contributed by atoms with Gasteiger partial charge in [-0.3, -0.25) is 4.68 Å². The van der Waals surface area contributed by atoms with Crippen LogP contribution in [0.2, 0.25) is 0 Å². The summed E-state index contributed by atoms with van der Waals surface area (Å²) in [5.74, 6) is 0.771. The molecule has 1 saturated heterocycles. The molecule has 0 bridgehead atoms. The molecule has 6 nitrogen and oxygen atoms in total. The van der Waals surface area contributed by atoms with Crippen LogP contribution in [-0.2, 0) is 20.0 Å². The Hall–Kier alpha value is -2.20. The summed E-state index contributed by atoms with van der Waals surface area (Å²) >= 11 is 1.11. The molecule has 3 aromatic heterocycles. The standard InChI is InChI=1S/C21H25F3N6S/c1-29-12-14(11-28-29)10-25-17-9-20(17)3-2-5-30(6-4-20)18-16-7-15(8-21(22,23)24)31-19(16)27-13-26-18/h7,11-13,17,25H,2-6,8-10H2,1H3/t17?,20-/m1/s1. The van der Waals surface area contributed by atoms with E-state index in [2.05, 4.69) is 25.3 Å². The van der Waals surface area contributed by atoms with Crippen molar-refractivity contribution in [3.63, 3.8) is 0 Å². The van der Waals surface area contributed by atoms with Gasteiger partial charge in [0.25, 0.3) is 0 Å². The lowest BCUT2D eigenvalue weighted by Gasteiger charge is -2.22. The molecule has 1 unspecified atom stereocenters. The van der Waals surface area contributed by atoms with Gasteiger partial charge in [-0.25, -0.2) is 9.97 Å². The van der Waals surface area contributed by atoms with Crippen molar-refractivity contribution in [3.8, 4) is 0 Å². The van der Waals surface area contributed by atoms with Gasteiger partial charge in [0, 0.05) is 49.4 Å². The summed E-state index contributed by atoms with van der Waals surface area (Å²) in [5.41, 5.74) is 1.51. The molecule has 0 radical (unpaired) electrons. The van der Waals surface area contributed by atoms with Crippen molar-refractivity contribution >= 4 is 27.4 Å². The van der Waals surface area contributed by atoms with E-state index in [0.717, 1.165) is 61.4 Å². The minimum Gasteiger partial charge on any atom is -0.356 e. The van der Waals surface area contributed by atoms with Crippen molar-refractivity contribution < 1.29 is 13.2 Å². The normalized spacial score (nSPS) is 24.1. The van der Waals surface area contributed by atoms with Crippen LogP contribution >= 0.6 is 11.3 Å². The van der Waals surface area contributed by atoms with Crippen LogP contribution in [0.4, 0.5) is 19.0 Å². The summed E-state index contributed by atoms with van der Waals surface area (Å²) < 4.78 is 40.3. The van der Waals surface area contributed by atoms with E-state index in [1.807, 2.05) is 24.1 Å². The number of nitrogens with one attached hydrogen (secondary N) is 1. The second-order valence-electron chi connectivity index (χ2n) is 8.78. The number of fused-ring (bicyclic) bond motifs is 1. The minimum absolute atomic E-state index is 0.289. The number of nitrogens with zero attached hydrogens (tertiary/aromatic N) is 5. The first kappa shape index (κ1) is 20.7. The van der Waals surface area contributed by atoms with Gasteiger partial charge in [-0.15, -0.1) is 11.3 Å². The highest BCUT2D eigenvalue weighted by atomic mass is 32.1. The number of aryl methyl sites for hydroxylation is 1. The monoisotopic (exact) mass is 450 g/mol. The third-order valence-electron chi connectivity index (χ3n) is 6.52. The second kappa shape index (κ2) is 7.74. The van der Waals surface area contributed by atoms with Crippen molar-refractivity contribution in [2.24, 2.45) is 12.5 Å². The second-order valence-corrected chi connectivity index (χ2v) is 9.90. The first-order chi connectivity index (χ1) is 14.8. The van der Waals surface area contributed by atoms with Crippen LogP contribution in [0.1, 0.15) is 36.1 Å². The van der Waals surface area contributed by atoms with E-state index >= 15 is 0 Å². The van der Waals surface area contributed by atoms with Crippen LogP contribution in [0.3, 0.4) is 0 Å². The van der Waals surface area contributed by atoms with Crippen molar-refractivity contribution in [1.82, 2.24) is 25.1 Å². The Morgan fingerprint density at radius 3 is 2.90 bits per heavy atom. The van der Waals surface area contributed by atoms with E-state index in [1.165, 1.54) is 18.3 Å². The lowest BCUT2D eigenvalue weighted by atomic mass is 9.96. The maximum absolute atomic E-state index is 12.8. The molecule has 0 amide bonds. The largest absolute Gasteiger partial charge is 0.393 e. The Balaban J connectivity index is 1.26. The molecular formula is C21H25F3N6S. The summed E-state index contributed by atoms with van der Waals surface area (Å²) in [6.45, 7) is 2.56. The summed E-state index contributed by atoms with van der Waals surface area (Å²) in [4.78, 5) is 11.8. The summed E-state index contributed by atoms with van der Waals surface area (Å²) in [6.07, 6.45) is 4.71. The van der Waals surface area contributed by atoms with Gasteiger partial charge in [-0.05, 0) is 37.2 Å². The average Bonchev–Trinajstić information content (AvgIpc) is 3.07. The lowest BCUT2D eigenvalue weighted by Crippen LogP contribution is -2.27. The molecule has 4 heterocycles. The van der Waals surface area contributed by atoms with E-state index in [4.69, 9.17) is 0 Å². The number of thiophene rings is 1. The van der Waals surface area contributed by atoms with E-state index < -0.39 is 12.6 Å². The van der Waals surface area contributed by atoms with Crippen molar-refractivity contribution in [2.75, 3.05) is 18.0 Å². The first-order valence-electron chi connectivity index (χ1n) is 10.6. The zero-order chi connectivity index (χ0) is 21.6. The van der Waals surface area contributed by atoms with E-state index in [0.29, 0.717) is 16.3 Å². The molecule has 2 fully saturated rings. The Labute approximate surface area is 182 Å². The van der Waals surface area contributed by atoms with E-state index in [9.17, 15) is 13.2 Å². The van der Waals surface area contributed by atoms with Gasteiger partial charge in [0.1, 0.15) is 17.0 Å². The minimum atomic E-state index is -4.22. The summed E-state index contributed by atoms with van der Waals surface area (Å²) in [7, 11) is 1.92. The molecule has 3 aromatic rings. The fourth-order valence-electron chi connectivity index (χ4n) is 4.85. The SMILES string of the molecule is Cn1cc(CNC2C[C@]23CCCN(c2ncnc4sc(CC(F)(F)F)cc24)CC3)cn1. The van der Waals surface area contributed by atoms with Gasteiger partial charge < -0.3 is 10.2 Å². The Morgan fingerprint density at radius 2 is 2.13 bits per heavy atom. The Kier molecular flexibility index (Phi) is 5.16. The molecule has 5 rings (SSSR count). The smallest absolute Gasteiger partial charge is 0.356 e. The summed E-state index contributed by atoms with van der Waals surface area (Å²) in [5, 5.41) is 8.64. The molecule has 1 aliphatic carbocycles. The number of aromatic nitrogens is 4. The predicted octanol–water partition coefficient (Wildman–Crippen LogP) is 4.07. The number of hydrogen-bond donors (Lipinski definition) is 1.